The van der Waals surface area contributed by atoms with E-state index in [9.17, 15) is 0 Å². The Morgan fingerprint density at radius 2 is 2.05 bits per heavy atom. The lowest BCUT2D eigenvalue weighted by Gasteiger charge is -2.19. The van der Waals surface area contributed by atoms with Crippen LogP contribution in [0.2, 0.25) is 0 Å². The Kier molecular flexibility index (Phi) is 4.40. The average molecular weight is 272 g/mol. The number of aryl methyl sites for hydroxylation is 1. The van der Waals surface area contributed by atoms with Gasteiger partial charge in [-0.3, -0.25) is 0 Å². The highest BCUT2D eigenvalue weighted by atomic mass is 16.5. The van der Waals surface area contributed by atoms with Crippen LogP contribution in [0.4, 0.5) is 11.5 Å². The maximum atomic E-state index is 5.80. The maximum Gasteiger partial charge on any atom is 0.218 e. The van der Waals surface area contributed by atoms with Crippen molar-refractivity contribution in [3.05, 3.63) is 41.7 Å². The van der Waals surface area contributed by atoms with Crippen LogP contribution in [0.5, 0.6) is 5.88 Å². The molecule has 0 spiro atoms. The Labute approximate surface area is 119 Å². The monoisotopic (exact) mass is 272 g/mol. The van der Waals surface area contributed by atoms with Gasteiger partial charge in [-0.25, -0.2) is 4.98 Å². The van der Waals surface area contributed by atoms with Crippen molar-refractivity contribution in [2.24, 2.45) is 0 Å². The van der Waals surface area contributed by atoms with Gasteiger partial charge in [0, 0.05) is 25.3 Å². The summed E-state index contributed by atoms with van der Waals surface area (Å²) in [5.74, 6) is 2.14. The van der Waals surface area contributed by atoms with Gasteiger partial charge in [0.05, 0.1) is 6.61 Å². The van der Waals surface area contributed by atoms with Crippen molar-refractivity contribution >= 4 is 11.5 Å². The predicted octanol–water partition coefficient (Wildman–Crippen LogP) is 2.40. The first kappa shape index (κ1) is 14.1. The molecule has 2 N–H and O–H groups in total. The van der Waals surface area contributed by atoms with E-state index >= 15 is 0 Å². The SMILES string of the molecule is CCOc1cc(N(C)Cc2cccc(N)c2)nc(C)n1. The number of hydrogen-bond donors (Lipinski definition) is 1. The van der Waals surface area contributed by atoms with Gasteiger partial charge in [0.1, 0.15) is 11.6 Å². The molecule has 0 fully saturated rings. The van der Waals surface area contributed by atoms with Gasteiger partial charge in [-0.1, -0.05) is 12.1 Å². The summed E-state index contributed by atoms with van der Waals surface area (Å²) in [4.78, 5) is 10.7. The van der Waals surface area contributed by atoms with Gasteiger partial charge in [0.2, 0.25) is 5.88 Å². The van der Waals surface area contributed by atoms with Crippen molar-refractivity contribution in [3.63, 3.8) is 0 Å². The van der Waals surface area contributed by atoms with Gasteiger partial charge in [0.15, 0.2) is 0 Å². The lowest BCUT2D eigenvalue weighted by atomic mass is 10.2. The molecule has 0 bridgehead atoms. The normalized spacial score (nSPS) is 10.3. The predicted molar refractivity (Wildman–Crippen MR) is 80.9 cm³/mol. The van der Waals surface area contributed by atoms with Crippen LogP contribution < -0.4 is 15.4 Å². The van der Waals surface area contributed by atoms with Crippen molar-refractivity contribution in [1.82, 2.24) is 9.97 Å². The molecule has 0 saturated carbocycles. The molecule has 0 aliphatic heterocycles. The Morgan fingerprint density at radius 1 is 1.25 bits per heavy atom. The van der Waals surface area contributed by atoms with E-state index < -0.39 is 0 Å². The molecule has 106 valence electrons. The summed E-state index contributed by atoms with van der Waals surface area (Å²) in [6.45, 7) is 5.12. The molecular weight excluding hydrogens is 252 g/mol. The van der Waals surface area contributed by atoms with Crippen molar-refractivity contribution in [3.8, 4) is 5.88 Å². The molecule has 0 unspecified atom stereocenters. The van der Waals surface area contributed by atoms with Crippen molar-refractivity contribution in [2.45, 2.75) is 20.4 Å². The van der Waals surface area contributed by atoms with E-state index in [1.807, 2.05) is 56.1 Å². The number of benzene rings is 1. The molecule has 0 radical (unpaired) electrons. The fourth-order valence-electron chi connectivity index (χ4n) is 1.99. The molecule has 5 nitrogen and oxygen atoms in total. The first-order valence-corrected chi connectivity index (χ1v) is 6.62. The van der Waals surface area contributed by atoms with Gasteiger partial charge in [-0.2, -0.15) is 4.98 Å². The summed E-state index contributed by atoms with van der Waals surface area (Å²) in [7, 11) is 1.99. The van der Waals surface area contributed by atoms with Crippen LogP contribution in [0.1, 0.15) is 18.3 Å². The molecule has 1 aromatic heterocycles. The largest absolute Gasteiger partial charge is 0.478 e. The van der Waals surface area contributed by atoms with Gasteiger partial charge in [0.25, 0.3) is 0 Å². The number of nitrogen functional groups attached to an aromatic ring is 1. The summed E-state index contributed by atoms with van der Waals surface area (Å²) in [6, 6.07) is 9.70. The number of rotatable bonds is 5. The fraction of sp³-hybridized carbons (Fsp3) is 0.333. The molecule has 0 aliphatic rings. The van der Waals surface area contributed by atoms with E-state index in [1.54, 1.807) is 0 Å². The van der Waals surface area contributed by atoms with Crippen LogP contribution in [-0.4, -0.2) is 23.6 Å². The van der Waals surface area contributed by atoms with Gasteiger partial charge < -0.3 is 15.4 Å². The second kappa shape index (κ2) is 6.23. The lowest BCUT2D eigenvalue weighted by molar-refractivity contribution is 0.325. The van der Waals surface area contributed by atoms with E-state index in [2.05, 4.69) is 9.97 Å². The van der Waals surface area contributed by atoms with Crippen LogP contribution in [0, 0.1) is 6.92 Å². The summed E-state index contributed by atoms with van der Waals surface area (Å²) < 4.78 is 5.45. The zero-order valence-corrected chi connectivity index (χ0v) is 12.1. The smallest absolute Gasteiger partial charge is 0.218 e. The Morgan fingerprint density at radius 3 is 2.75 bits per heavy atom. The van der Waals surface area contributed by atoms with E-state index in [0.717, 1.165) is 23.6 Å². The maximum absolute atomic E-state index is 5.80. The fourth-order valence-corrected chi connectivity index (χ4v) is 1.99. The number of hydrogen-bond acceptors (Lipinski definition) is 5. The molecule has 2 aromatic rings. The van der Waals surface area contributed by atoms with Crippen LogP contribution in [0.15, 0.2) is 30.3 Å². The van der Waals surface area contributed by atoms with E-state index in [-0.39, 0.29) is 0 Å². The number of nitrogens with two attached hydrogens (primary N) is 1. The Hall–Kier alpha value is -2.30. The average Bonchev–Trinajstić information content (AvgIpc) is 2.38. The standard InChI is InChI=1S/C15H20N4O/c1-4-20-15-9-14(17-11(2)18-15)19(3)10-12-6-5-7-13(16)8-12/h5-9H,4,10,16H2,1-3H3. The summed E-state index contributed by atoms with van der Waals surface area (Å²) in [5.41, 5.74) is 7.71. The molecule has 0 atom stereocenters. The lowest BCUT2D eigenvalue weighted by Crippen LogP contribution is -2.18. The first-order chi connectivity index (χ1) is 9.58. The second-order valence-corrected chi connectivity index (χ2v) is 4.65. The zero-order chi connectivity index (χ0) is 14.5. The first-order valence-electron chi connectivity index (χ1n) is 6.62. The van der Waals surface area contributed by atoms with Crippen LogP contribution in [0.25, 0.3) is 0 Å². The zero-order valence-electron chi connectivity index (χ0n) is 12.1. The van der Waals surface area contributed by atoms with Crippen LogP contribution in [-0.2, 0) is 6.54 Å². The number of aromatic nitrogens is 2. The summed E-state index contributed by atoms with van der Waals surface area (Å²) in [6.07, 6.45) is 0. The van der Waals surface area contributed by atoms with E-state index in [1.165, 1.54) is 0 Å². The highest BCUT2D eigenvalue weighted by Crippen LogP contribution is 2.19. The molecule has 1 heterocycles. The third-order valence-electron chi connectivity index (χ3n) is 2.86. The van der Waals surface area contributed by atoms with Gasteiger partial charge >= 0.3 is 0 Å². The molecular formula is C15H20N4O. The second-order valence-electron chi connectivity index (χ2n) is 4.65. The third kappa shape index (κ3) is 3.60. The molecule has 0 aliphatic carbocycles. The topological polar surface area (TPSA) is 64.3 Å². The highest BCUT2D eigenvalue weighted by Gasteiger charge is 2.08. The van der Waals surface area contributed by atoms with Gasteiger partial charge in [-0.15, -0.1) is 0 Å². The molecule has 5 heteroatoms. The van der Waals surface area contributed by atoms with Crippen molar-refractivity contribution in [2.75, 3.05) is 24.3 Å². The van der Waals surface area contributed by atoms with E-state index in [0.29, 0.717) is 18.3 Å². The van der Waals surface area contributed by atoms with E-state index in [4.69, 9.17) is 10.5 Å². The van der Waals surface area contributed by atoms with Crippen LogP contribution >= 0.6 is 0 Å². The Balaban J connectivity index is 2.18. The van der Waals surface area contributed by atoms with Gasteiger partial charge in [-0.05, 0) is 31.5 Å². The third-order valence-corrected chi connectivity index (χ3v) is 2.86. The minimum absolute atomic E-state index is 0.592. The minimum Gasteiger partial charge on any atom is -0.478 e. The summed E-state index contributed by atoms with van der Waals surface area (Å²) >= 11 is 0. The quantitative estimate of drug-likeness (QED) is 0.847. The van der Waals surface area contributed by atoms with Crippen molar-refractivity contribution < 1.29 is 4.74 Å². The summed E-state index contributed by atoms with van der Waals surface area (Å²) in [5, 5.41) is 0. The molecule has 2 rings (SSSR count). The number of anilines is 2. The number of nitrogens with zero attached hydrogens (tertiary/aromatic N) is 3. The molecule has 20 heavy (non-hydrogen) atoms. The molecule has 0 saturated heterocycles. The highest BCUT2D eigenvalue weighted by molar-refractivity contribution is 5.45. The molecule has 1 aromatic carbocycles. The minimum atomic E-state index is 0.592. The molecule has 0 amide bonds. The Bertz CT molecular complexity index is 586. The van der Waals surface area contributed by atoms with Crippen molar-refractivity contribution in [1.29, 1.82) is 0 Å². The number of ether oxygens (including phenoxy) is 1. The van der Waals surface area contributed by atoms with Crippen LogP contribution in [0.3, 0.4) is 0 Å².